The van der Waals surface area contributed by atoms with Crippen molar-refractivity contribution < 1.29 is 8.83 Å². The minimum atomic E-state index is 0.216. The average molecular weight is 769 g/mol. The lowest BCUT2D eigenvalue weighted by Crippen LogP contribution is -2.14. The zero-order valence-electron chi connectivity index (χ0n) is 30.8. The Bertz CT molecular complexity index is 3250. The minimum absolute atomic E-state index is 0.216. The van der Waals surface area contributed by atoms with Crippen LogP contribution in [0.15, 0.2) is 186 Å². The highest BCUT2D eigenvalue weighted by Gasteiger charge is 2.33. The maximum absolute atomic E-state index is 6.93. The fourth-order valence-electron chi connectivity index (χ4n) is 9.35. The quantitative estimate of drug-likeness (QED) is 0.174. The fourth-order valence-corrected chi connectivity index (χ4v) is 11.5. The highest BCUT2D eigenvalue weighted by atomic mass is 32.2. The van der Waals surface area contributed by atoms with Gasteiger partial charge in [0.2, 0.25) is 0 Å². The number of furan rings is 2. The van der Waals surface area contributed by atoms with E-state index >= 15 is 0 Å². The second-order valence-corrected chi connectivity index (χ2v) is 17.5. The van der Waals surface area contributed by atoms with Gasteiger partial charge in [0.15, 0.2) is 0 Å². The molecule has 270 valence electrons. The second-order valence-electron chi connectivity index (χ2n) is 15.4. The van der Waals surface area contributed by atoms with Crippen molar-refractivity contribution in [1.82, 2.24) is 0 Å². The number of hydrogen-bond acceptors (Lipinski definition) is 6. The highest BCUT2D eigenvalue weighted by molar-refractivity contribution is 8.00. The summed E-state index contributed by atoms with van der Waals surface area (Å²) in [5.41, 5.74) is 11.3. The summed E-state index contributed by atoms with van der Waals surface area (Å²) < 4.78 is 13.7. The molecule has 0 bridgehead atoms. The summed E-state index contributed by atoms with van der Waals surface area (Å²) in [7, 11) is 0. The van der Waals surface area contributed by atoms with Gasteiger partial charge < -0.3 is 18.6 Å². The summed E-state index contributed by atoms with van der Waals surface area (Å²) >= 11 is 3.67. The lowest BCUT2D eigenvalue weighted by molar-refractivity contribution is 0.494. The van der Waals surface area contributed by atoms with Crippen LogP contribution in [0.4, 0.5) is 34.1 Å². The van der Waals surface area contributed by atoms with Crippen LogP contribution in [0.25, 0.3) is 54.8 Å². The largest absolute Gasteiger partial charge is 0.460 e. The third-order valence-electron chi connectivity index (χ3n) is 12.0. The van der Waals surface area contributed by atoms with Gasteiger partial charge >= 0.3 is 0 Å². The Morgan fingerprint density at radius 2 is 0.930 bits per heavy atom. The first-order valence-electron chi connectivity index (χ1n) is 19.4. The minimum Gasteiger partial charge on any atom is -0.460 e. The van der Waals surface area contributed by atoms with Crippen molar-refractivity contribution in [2.45, 2.75) is 38.8 Å². The number of fused-ring (bicyclic) bond motifs is 13. The van der Waals surface area contributed by atoms with E-state index in [1.807, 2.05) is 23.5 Å². The number of benzene rings is 8. The molecule has 4 heterocycles. The molecule has 0 saturated heterocycles. The van der Waals surface area contributed by atoms with Crippen molar-refractivity contribution in [1.29, 1.82) is 0 Å². The van der Waals surface area contributed by atoms with Crippen LogP contribution in [-0.2, 0) is 6.42 Å². The van der Waals surface area contributed by atoms with E-state index < -0.39 is 0 Å². The predicted molar refractivity (Wildman–Crippen MR) is 236 cm³/mol. The Morgan fingerprint density at radius 1 is 0.474 bits per heavy atom. The van der Waals surface area contributed by atoms with E-state index in [-0.39, 0.29) is 5.92 Å². The maximum atomic E-state index is 6.93. The molecule has 8 aromatic carbocycles. The molecule has 10 aromatic rings. The molecule has 3 aliphatic rings. The number of nitrogens with zero attached hydrogens (tertiary/aromatic N) is 2. The number of rotatable bonds is 2. The normalized spacial score (nSPS) is 15.4. The molecule has 0 saturated carbocycles. The summed E-state index contributed by atoms with van der Waals surface area (Å²) in [5.74, 6) is 2.17. The van der Waals surface area contributed by atoms with Gasteiger partial charge in [0.1, 0.15) is 22.7 Å². The lowest BCUT2D eigenvalue weighted by Gasteiger charge is -2.33. The summed E-state index contributed by atoms with van der Waals surface area (Å²) in [4.78, 5) is 9.80. The number of para-hydroxylation sites is 4. The molecule has 0 fully saturated rings. The molecule has 57 heavy (non-hydrogen) atoms. The van der Waals surface area contributed by atoms with Gasteiger partial charge in [-0.05, 0) is 125 Å². The van der Waals surface area contributed by atoms with Gasteiger partial charge in [-0.3, -0.25) is 0 Å². The van der Waals surface area contributed by atoms with Crippen LogP contribution in [0.1, 0.15) is 24.2 Å². The Balaban J connectivity index is 0.932. The predicted octanol–water partition coefficient (Wildman–Crippen LogP) is 15.7. The molecule has 1 aliphatic carbocycles. The molecule has 2 aromatic heterocycles. The molecule has 1 unspecified atom stereocenters. The van der Waals surface area contributed by atoms with Gasteiger partial charge in [0.05, 0.1) is 28.3 Å². The van der Waals surface area contributed by atoms with Crippen molar-refractivity contribution in [2.75, 3.05) is 9.80 Å². The standard InChI is InChI=1S/C51H32N2O2S2/c1-29-22-37-36-25-30-18-20-34(52-39-10-2-6-14-45(39)56-46-15-7-3-11-40(46)52)23-32(30)27-43(36)55-51(37)49-38-26-31-19-21-35(24-33(31)28-44(38)54-50(29)49)53-41-12-4-8-16-47(41)57-48-17-9-5-13-42(48)53/h2-21,23-29H,22H2,1H3. The van der Waals surface area contributed by atoms with Crippen LogP contribution in [-0.4, -0.2) is 0 Å². The molecule has 2 aliphatic heterocycles. The molecule has 0 N–H and O–H groups in total. The van der Waals surface area contributed by atoms with Gasteiger partial charge in [0, 0.05) is 53.2 Å². The maximum Gasteiger partial charge on any atom is 0.142 e. The molecule has 4 nitrogen and oxygen atoms in total. The highest BCUT2D eigenvalue weighted by Crippen LogP contribution is 2.54. The van der Waals surface area contributed by atoms with Gasteiger partial charge in [0.25, 0.3) is 0 Å². The lowest BCUT2D eigenvalue weighted by atomic mass is 9.85. The van der Waals surface area contributed by atoms with E-state index in [9.17, 15) is 0 Å². The molecular formula is C51H32N2O2S2. The monoisotopic (exact) mass is 768 g/mol. The van der Waals surface area contributed by atoms with E-state index in [4.69, 9.17) is 8.83 Å². The van der Waals surface area contributed by atoms with E-state index in [2.05, 4.69) is 174 Å². The van der Waals surface area contributed by atoms with E-state index in [1.54, 1.807) is 0 Å². The third-order valence-corrected chi connectivity index (χ3v) is 14.2. The second kappa shape index (κ2) is 11.8. The number of anilines is 6. The van der Waals surface area contributed by atoms with Crippen LogP contribution < -0.4 is 9.80 Å². The zero-order chi connectivity index (χ0) is 37.4. The zero-order valence-corrected chi connectivity index (χ0v) is 32.5. The number of hydrogen-bond donors (Lipinski definition) is 0. The molecule has 13 rings (SSSR count). The van der Waals surface area contributed by atoms with Gasteiger partial charge in [-0.1, -0.05) is 91.1 Å². The van der Waals surface area contributed by atoms with E-state index in [1.165, 1.54) is 64.1 Å². The fraction of sp³-hybridized carbons (Fsp3) is 0.0588. The summed E-state index contributed by atoms with van der Waals surface area (Å²) in [6.45, 7) is 2.28. The average Bonchev–Trinajstić information content (AvgIpc) is 3.80. The van der Waals surface area contributed by atoms with Crippen LogP contribution in [0, 0.1) is 0 Å². The first kappa shape index (κ1) is 31.8. The van der Waals surface area contributed by atoms with Gasteiger partial charge in [-0.15, -0.1) is 0 Å². The van der Waals surface area contributed by atoms with Crippen molar-refractivity contribution in [3.05, 3.63) is 169 Å². The van der Waals surface area contributed by atoms with Crippen LogP contribution >= 0.6 is 23.5 Å². The summed E-state index contributed by atoms with van der Waals surface area (Å²) in [5, 5.41) is 6.98. The van der Waals surface area contributed by atoms with Gasteiger partial charge in [-0.25, -0.2) is 0 Å². The van der Waals surface area contributed by atoms with Gasteiger partial charge in [-0.2, -0.15) is 0 Å². The molecular weight excluding hydrogens is 737 g/mol. The summed E-state index contributed by atoms with van der Waals surface area (Å²) in [6, 6.07) is 57.4. The smallest absolute Gasteiger partial charge is 0.142 e. The third kappa shape index (κ3) is 4.66. The molecule has 0 spiro atoms. The van der Waals surface area contributed by atoms with Crippen molar-refractivity contribution in [2.24, 2.45) is 0 Å². The Hall–Kier alpha value is -6.34. The van der Waals surface area contributed by atoms with Crippen molar-refractivity contribution in [3.8, 4) is 11.3 Å². The Labute approximate surface area is 337 Å². The van der Waals surface area contributed by atoms with E-state index in [0.717, 1.165) is 62.2 Å². The molecule has 6 heteroatoms. The SMILES string of the molecule is CC1Cc2c(oc3cc4cc(N5c6ccccc6Sc6ccccc65)ccc4cc23)-c2c1oc1cc3cc(N4c5ccccc5Sc5ccccc54)ccc3cc21. The first-order chi connectivity index (χ1) is 28.1. The molecule has 0 radical (unpaired) electrons. The van der Waals surface area contributed by atoms with Crippen LogP contribution in [0.5, 0.6) is 0 Å². The van der Waals surface area contributed by atoms with Crippen LogP contribution in [0.3, 0.4) is 0 Å². The molecule has 0 amide bonds. The topological polar surface area (TPSA) is 32.8 Å². The Morgan fingerprint density at radius 3 is 1.44 bits per heavy atom. The summed E-state index contributed by atoms with van der Waals surface area (Å²) in [6.07, 6.45) is 0.868. The first-order valence-corrected chi connectivity index (χ1v) is 21.1. The molecule has 1 atom stereocenters. The van der Waals surface area contributed by atoms with E-state index in [0.29, 0.717) is 0 Å². The Kier molecular flexibility index (Phi) is 6.61. The van der Waals surface area contributed by atoms with Crippen molar-refractivity contribution >= 4 is 101 Å². The van der Waals surface area contributed by atoms with Crippen LogP contribution in [0.2, 0.25) is 0 Å². The van der Waals surface area contributed by atoms with Crippen molar-refractivity contribution in [3.63, 3.8) is 0 Å².